The zero-order chi connectivity index (χ0) is 12.2. The van der Waals surface area contributed by atoms with Gasteiger partial charge in [-0.05, 0) is 12.1 Å². The van der Waals surface area contributed by atoms with Crippen molar-refractivity contribution in [2.45, 2.75) is 6.54 Å². The van der Waals surface area contributed by atoms with Crippen LogP contribution in [0.3, 0.4) is 0 Å². The molecule has 0 amide bonds. The molecule has 0 aliphatic carbocycles. The summed E-state index contributed by atoms with van der Waals surface area (Å²) in [6, 6.07) is 10.2. The molecule has 110 valence electrons. The Morgan fingerprint density at radius 2 is 1.75 bits per heavy atom. The second-order valence-electron chi connectivity index (χ2n) is 4.50. The van der Waals surface area contributed by atoms with Crippen molar-refractivity contribution in [3.05, 3.63) is 42.2 Å². The van der Waals surface area contributed by atoms with Crippen molar-refractivity contribution >= 4 is 24.8 Å². The first-order chi connectivity index (χ1) is 8.93. The van der Waals surface area contributed by atoms with E-state index < -0.39 is 0 Å². The van der Waals surface area contributed by atoms with Gasteiger partial charge in [0.2, 0.25) is 0 Å². The van der Waals surface area contributed by atoms with Crippen LogP contribution in [0.2, 0.25) is 0 Å². The summed E-state index contributed by atoms with van der Waals surface area (Å²) in [7, 11) is 0. The number of hydrogen-bond donors (Lipinski definition) is 1. The minimum absolute atomic E-state index is 0. The van der Waals surface area contributed by atoms with Crippen molar-refractivity contribution in [2.75, 3.05) is 26.2 Å². The van der Waals surface area contributed by atoms with E-state index in [-0.39, 0.29) is 24.8 Å². The zero-order valence-corrected chi connectivity index (χ0v) is 12.7. The number of piperazine rings is 1. The third-order valence-electron chi connectivity index (χ3n) is 3.22. The maximum Gasteiger partial charge on any atom is 0.0786 e. The third-order valence-corrected chi connectivity index (χ3v) is 3.22. The van der Waals surface area contributed by atoms with E-state index >= 15 is 0 Å². The largest absolute Gasteiger partial charge is 0.314 e. The van der Waals surface area contributed by atoms with Crippen LogP contribution >= 0.6 is 24.8 Å². The lowest BCUT2D eigenvalue weighted by molar-refractivity contribution is 0.229. The van der Waals surface area contributed by atoms with Crippen molar-refractivity contribution in [2.24, 2.45) is 0 Å². The van der Waals surface area contributed by atoms with Crippen molar-refractivity contribution in [1.82, 2.24) is 25.2 Å². The van der Waals surface area contributed by atoms with Crippen LogP contribution in [0.4, 0.5) is 0 Å². The van der Waals surface area contributed by atoms with Gasteiger partial charge in [0.1, 0.15) is 0 Å². The smallest absolute Gasteiger partial charge is 0.0786 e. The summed E-state index contributed by atoms with van der Waals surface area (Å²) in [6.45, 7) is 5.20. The van der Waals surface area contributed by atoms with Crippen LogP contribution < -0.4 is 5.32 Å². The molecule has 0 radical (unpaired) electrons. The molecule has 2 aromatic rings. The van der Waals surface area contributed by atoms with Crippen molar-refractivity contribution in [3.63, 3.8) is 0 Å². The van der Waals surface area contributed by atoms with Crippen LogP contribution in [-0.4, -0.2) is 46.1 Å². The minimum Gasteiger partial charge on any atom is -0.314 e. The molecular weight excluding hydrogens is 297 g/mol. The van der Waals surface area contributed by atoms with E-state index in [0.717, 1.165) is 44.1 Å². The fourth-order valence-electron chi connectivity index (χ4n) is 2.25. The SMILES string of the molecule is Cl.Cl.c1ccc(-n2nncc2CN2CCNCC2)cc1. The Kier molecular flexibility index (Phi) is 6.95. The standard InChI is InChI=1S/C13H17N5.2ClH/c1-2-4-12(5-3-1)18-13(10-15-16-18)11-17-8-6-14-7-9-17;;/h1-5,10,14H,6-9,11H2;2*1H. The number of rotatable bonds is 3. The fourth-order valence-corrected chi connectivity index (χ4v) is 2.25. The fraction of sp³-hybridized carbons (Fsp3) is 0.385. The maximum absolute atomic E-state index is 4.18. The van der Waals surface area contributed by atoms with Gasteiger partial charge < -0.3 is 5.32 Å². The van der Waals surface area contributed by atoms with Crippen LogP contribution in [0.25, 0.3) is 5.69 Å². The number of halogens is 2. The summed E-state index contributed by atoms with van der Waals surface area (Å²) in [5.41, 5.74) is 2.21. The molecule has 20 heavy (non-hydrogen) atoms. The molecule has 1 N–H and O–H groups in total. The molecule has 0 atom stereocenters. The molecule has 0 spiro atoms. The normalized spacial score (nSPS) is 15.2. The monoisotopic (exact) mass is 315 g/mol. The first-order valence-corrected chi connectivity index (χ1v) is 6.31. The molecule has 3 rings (SSSR count). The first-order valence-electron chi connectivity index (χ1n) is 6.31. The van der Waals surface area contributed by atoms with Gasteiger partial charge in [0.15, 0.2) is 0 Å². The predicted molar refractivity (Wildman–Crippen MR) is 84.0 cm³/mol. The van der Waals surface area contributed by atoms with Crippen LogP contribution in [0, 0.1) is 0 Å². The number of benzene rings is 1. The van der Waals surface area contributed by atoms with E-state index in [1.165, 1.54) is 0 Å². The quantitative estimate of drug-likeness (QED) is 0.932. The molecule has 1 fully saturated rings. The van der Waals surface area contributed by atoms with Gasteiger partial charge in [-0.2, -0.15) is 0 Å². The predicted octanol–water partition coefficient (Wildman–Crippen LogP) is 1.52. The number of para-hydroxylation sites is 1. The van der Waals surface area contributed by atoms with Crippen LogP contribution in [-0.2, 0) is 6.54 Å². The molecule has 7 heteroatoms. The Hall–Kier alpha value is -1.14. The van der Waals surface area contributed by atoms with E-state index in [9.17, 15) is 0 Å². The number of nitrogens with zero attached hydrogens (tertiary/aromatic N) is 4. The summed E-state index contributed by atoms with van der Waals surface area (Å²) >= 11 is 0. The summed E-state index contributed by atoms with van der Waals surface area (Å²) in [4.78, 5) is 2.43. The van der Waals surface area contributed by atoms with Crippen molar-refractivity contribution in [3.8, 4) is 5.69 Å². The molecule has 5 nitrogen and oxygen atoms in total. The summed E-state index contributed by atoms with van der Waals surface area (Å²) in [5.74, 6) is 0. The van der Waals surface area contributed by atoms with E-state index in [4.69, 9.17) is 0 Å². The van der Waals surface area contributed by atoms with Gasteiger partial charge in [0, 0.05) is 32.7 Å². The van der Waals surface area contributed by atoms with E-state index in [2.05, 4.69) is 32.7 Å². The Morgan fingerprint density at radius 3 is 2.45 bits per heavy atom. The lowest BCUT2D eigenvalue weighted by Gasteiger charge is -2.26. The highest BCUT2D eigenvalue weighted by atomic mass is 35.5. The molecule has 0 unspecified atom stereocenters. The van der Waals surface area contributed by atoms with Crippen LogP contribution in [0.15, 0.2) is 36.5 Å². The molecule has 0 bridgehead atoms. The van der Waals surface area contributed by atoms with Gasteiger partial charge >= 0.3 is 0 Å². The van der Waals surface area contributed by atoms with Gasteiger partial charge in [0.25, 0.3) is 0 Å². The number of hydrogen-bond acceptors (Lipinski definition) is 4. The Balaban J connectivity index is 0.000001000. The second kappa shape index (κ2) is 8.21. The van der Waals surface area contributed by atoms with Gasteiger partial charge in [0.05, 0.1) is 17.6 Å². The highest BCUT2D eigenvalue weighted by Gasteiger charge is 2.13. The van der Waals surface area contributed by atoms with Crippen LogP contribution in [0.5, 0.6) is 0 Å². The van der Waals surface area contributed by atoms with Crippen molar-refractivity contribution in [1.29, 1.82) is 0 Å². The minimum atomic E-state index is 0. The van der Waals surface area contributed by atoms with Gasteiger partial charge in [-0.1, -0.05) is 23.4 Å². The molecule has 0 saturated carbocycles. The van der Waals surface area contributed by atoms with E-state index in [1.54, 1.807) is 0 Å². The zero-order valence-electron chi connectivity index (χ0n) is 11.1. The molecule has 1 aromatic carbocycles. The maximum atomic E-state index is 4.18. The average molecular weight is 316 g/mol. The second-order valence-corrected chi connectivity index (χ2v) is 4.50. The number of aromatic nitrogens is 3. The topological polar surface area (TPSA) is 46.0 Å². The Bertz CT molecular complexity index is 496. The molecule has 2 heterocycles. The lowest BCUT2D eigenvalue weighted by atomic mass is 10.3. The summed E-state index contributed by atoms with van der Waals surface area (Å²) in [6.07, 6.45) is 1.86. The lowest BCUT2D eigenvalue weighted by Crippen LogP contribution is -2.43. The van der Waals surface area contributed by atoms with Gasteiger partial charge in [-0.15, -0.1) is 29.9 Å². The highest BCUT2D eigenvalue weighted by molar-refractivity contribution is 5.85. The summed E-state index contributed by atoms with van der Waals surface area (Å²) in [5, 5.41) is 11.6. The Morgan fingerprint density at radius 1 is 1.05 bits per heavy atom. The summed E-state index contributed by atoms with van der Waals surface area (Å²) < 4.78 is 1.92. The Labute approximate surface area is 131 Å². The first kappa shape index (κ1) is 16.9. The van der Waals surface area contributed by atoms with E-state index in [0.29, 0.717) is 0 Å². The number of nitrogens with one attached hydrogen (secondary N) is 1. The van der Waals surface area contributed by atoms with Gasteiger partial charge in [-0.3, -0.25) is 4.90 Å². The molecule has 1 aliphatic rings. The molecular formula is C13H19Cl2N5. The average Bonchev–Trinajstić information content (AvgIpc) is 2.89. The molecule has 1 saturated heterocycles. The van der Waals surface area contributed by atoms with Crippen LogP contribution in [0.1, 0.15) is 5.69 Å². The van der Waals surface area contributed by atoms with E-state index in [1.807, 2.05) is 29.1 Å². The molecule has 1 aliphatic heterocycles. The van der Waals surface area contributed by atoms with Gasteiger partial charge in [-0.25, -0.2) is 4.68 Å². The third kappa shape index (κ3) is 3.93. The van der Waals surface area contributed by atoms with Crippen molar-refractivity contribution < 1.29 is 0 Å². The highest BCUT2D eigenvalue weighted by Crippen LogP contribution is 2.11. The molecule has 1 aromatic heterocycles.